The van der Waals surface area contributed by atoms with Gasteiger partial charge in [-0.25, -0.2) is 0 Å². The molecule has 0 bridgehead atoms. The average Bonchev–Trinajstić information content (AvgIpc) is 2.63. The van der Waals surface area contributed by atoms with Gasteiger partial charge in [0.25, 0.3) is 5.91 Å². The minimum Gasteiger partial charge on any atom is -0.494 e. The van der Waals surface area contributed by atoms with Gasteiger partial charge in [0, 0.05) is 30.0 Å². The van der Waals surface area contributed by atoms with Crippen LogP contribution in [0.5, 0.6) is 5.75 Å². The van der Waals surface area contributed by atoms with E-state index in [2.05, 4.69) is 26.6 Å². The lowest BCUT2D eigenvalue weighted by atomic mass is 10.1. The zero-order valence-corrected chi connectivity index (χ0v) is 15.6. The minimum atomic E-state index is -0.141. The highest BCUT2D eigenvalue weighted by molar-refractivity contribution is 9.10. The molecule has 0 aliphatic carbocycles. The van der Waals surface area contributed by atoms with Crippen molar-refractivity contribution in [1.29, 1.82) is 0 Å². The third-order valence-corrected chi connectivity index (χ3v) is 4.01. The molecular weight excluding hydrogens is 384 g/mol. The van der Waals surface area contributed by atoms with Crippen molar-refractivity contribution in [2.24, 2.45) is 0 Å². The molecule has 0 aromatic heterocycles. The molecule has 0 atom stereocenters. The number of halogens is 1. The largest absolute Gasteiger partial charge is 0.494 e. The maximum absolute atomic E-state index is 11.9. The highest BCUT2D eigenvalue weighted by atomic mass is 79.9. The maximum atomic E-state index is 11.9. The quantitative estimate of drug-likeness (QED) is 0.663. The van der Waals surface area contributed by atoms with Crippen molar-refractivity contribution >= 4 is 27.7 Å². The standard InChI is InChI=1S/C19H21BrN2O3/c1-21-19(24)15-6-2-5-14(11-15)13-22-18(23)9-4-10-25-17-8-3-7-16(20)12-17/h2-3,5-8,11-12H,4,9-10,13H2,1H3,(H,21,24)(H,22,23). The first-order chi connectivity index (χ1) is 12.1. The maximum Gasteiger partial charge on any atom is 0.251 e. The molecule has 5 nitrogen and oxygen atoms in total. The zero-order chi connectivity index (χ0) is 18.1. The van der Waals surface area contributed by atoms with E-state index in [9.17, 15) is 9.59 Å². The molecule has 0 spiro atoms. The summed E-state index contributed by atoms with van der Waals surface area (Å²) in [5, 5.41) is 5.44. The van der Waals surface area contributed by atoms with E-state index in [0.29, 0.717) is 31.6 Å². The van der Waals surface area contributed by atoms with Crippen LogP contribution in [0.2, 0.25) is 0 Å². The summed E-state index contributed by atoms with van der Waals surface area (Å²) in [6.45, 7) is 0.881. The van der Waals surface area contributed by atoms with Crippen LogP contribution < -0.4 is 15.4 Å². The number of carbonyl (C=O) groups is 2. The van der Waals surface area contributed by atoms with Crippen molar-refractivity contribution in [2.45, 2.75) is 19.4 Å². The molecule has 2 rings (SSSR count). The second kappa shape index (κ2) is 9.84. The highest BCUT2D eigenvalue weighted by Gasteiger charge is 2.05. The van der Waals surface area contributed by atoms with Gasteiger partial charge in [-0.05, 0) is 42.3 Å². The first-order valence-electron chi connectivity index (χ1n) is 8.04. The minimum absolute atomic E-state index is 0.0387. The monoisotopic (exact) mass is 404 g/mol. The first kappa shape index (κ1) is 19.0. The number of benzene rings is 2. The fourth-order valence-electron chi connectivity index (χ4n) is 2.24. The second-order valence-electron chi connectivity index (χ2n) is 5.47. The topological polar surface area (TPSA) is 67.4 Å². The molecular formula is C19H21BrN2O3. The fourth-order valence-corrected chi connectivity index (χ4v) is 2.61. The van der Waals surface area contributed by atoms with Gasteiger partial charge in [-0.1, -0.05) is 34.1 Å². The highest BCUT2D eigenvalue weighted by Crippen LogP contribution is 2.17. The van der Waals surface area contributed by atoms with E-state index in [4.69, 9.17) is 4.74 Å². The molecule has 2 N–H and O–H groups in total. The molecule has 0 saturated heterocycles. The summed E-state index contributed by atoms with van der Waals surface area (Å²) in [5.41, 5.74) is 1.47. The van der Waals surface area contributed by atoms with Gasteiger partial charge in [0.2, 0.25) is 5.91 Å². The van der Waals surface area contributed by atoms with Crippen LogP contribution in [0.3, 0.4) is 0 Å². The Kier molecular flexibility index (Phi) is 7.47. The Morgan fingerprint density at radius 3 is 2.68 bits per heavy atom. The number of hydrogen-bond donors (Lipinski definition) is 2. The molecule has 0 aliphatic heterocycles. The third-order valence-electron chi connectivity index (χ3n) is 3.52. The van der Waals surface area contributed by atoms with Crippen LogP contribution in [-0.2, 0) is 11.3 Å². The molecule has 2 aromatic rings. The Morgan fingerprint density at radius 2 is 1.92 bits per heavy atom. The number of nitrogens with one attached hydrogen (secondary N) is 2. The van der Waals surface area contributed by atoms with E-state index in [-0.39, 0.29) is 11.8 Å². The summed E-state index contributed by atoms with van der Waals surface area (Å²) in [4.78, 5) is 23.5. The van der Waals surface area contributed by atoms with Crippen LogP contribution >= 0.6 is 15.9 Å². The normalized spacial score (nSPS) is 10.2. The summed E-state index contributed by atoms with van der Waals surface area (Å²) in [7, 11) is 1.59. The molecule has 25 heavy (non-hydrogen) atoms. The predicted octanol–water partition coefficient (Wildman–Crippen LogP) is 3.28. The van der Waals surface area contributed by atoms with Crippen LogP contribution in [0.25, 0.3) is 0 Å². The van der Waals surface area contributed by atoms with Gasteiger partial charge >= 0.3 is 0 Å². The SMILES string of the molecule is CNC(=O)c1cccc(CNC(=O)CCCOc2cccc(Br)c2)c1. The molecule has 2 aromatic carbocycles. The summed E-state index contributed by atoms with van der Waals surface area (Å²) < 4.78 is 6.56. The molecule has 2 amide bonds. The molecule has 0 unspecified atom stereocenters. The van der Waals surface area contributed by atoms with E-state index >= 15 is 0 Å². The molecule has 0 saturated carbocycles. The summed E-state index contributed by atoms with van der Waals surface area (Å²) in [6, 6.07) is 14.8. The number of hydrogen-bond acceptors (Lipinski definition) is 3. The van der Waals surface area contributed by atoms with Gasteiger partial charge in [0.05, 0.1) is 6.61 Å². The zero-order valence-electron chi connectivity index (χ0n) is 14.0. The molecule has 6 heteroatoms. The average molecular weight is 405 g/mol. The lowest BCUT2D eigenvalue weighted by Gasteiger charge is -2.08. The van der Waals surface area contributed by atoms with Gasteiger partial charge in [-0.3, -0.25) is 9.59 Å². The van der Waals surface area contributed by atoms with Crippen molar-refractivity contribution < 1.29 is 14.3 Å². The van der Waals surface area contributed by atoms with Crippen molar-refractivity contribution in [3.8, 4) is 5.75 Å². The summed E-state index contributed by atoms with van der Waals surface area (Å²) >= 11 is 3.39. The van der Waals surface area contributed by atoms with Crippen molar-refractivity contribution in [3.05, 3.63) is 64.1 Å². The van der Waals surface area contributed by atoms with Crippen LogP contribution in [0, 0.1) is 0 Å². The summed E-state index contributed by atoms with van der Waals surface area (Å²) in [6.07, 6.45) is 1.03. The van der Waals surface area contributed by atoms with E-state index in [1.54, 1.807) is 25.2 Å². The Bertz CT molecular complexity index is 734. The van der Waals surface area contributed by atoms with Crippen molar-refractivity contribution in [3.63, 3.8) is 0 Å². The third kappa shape index (κ3) is 6.58. The fraction of sp³-hybridized carbons (Fsp3) is 0.263. The van der Waals surface area contributed by atoms with Crippen LogP contribution in [0.1, 0.15) is 28.8 Å². The Balaban J connectivity index is 1.69. The van der Waals surface area contributed by atoms with E-state index < -0.39 is 0 Å². The first-order valence-corrected chi connectivity index (χ1v) is 8.84. The molecule has 0 radical (unpaired) electrons. The van der Waals surface area contributed by atoms with Gasteiger partial charge in [0.1, 0.15) is 5.75 Å². The van der Waals surface area contributed by atoms with E-state index in [1.807, 2.05) is 30.3 Å². The van der Waals surface area contributed by atoms with Crippen LogP contribution in [0.15, 0.2) is 53.0 Å². The Labute approximate surface area is 155 Å². The molecule has 0 aliphatic rings. The second-order valence-corrected chi connectivity index (χ2v) is 6.38. The number of amides is 2. The lowest BCUT2D eigenvalue weighted by Crippen LogP contribution is -2.23. The van der Waals surface area contributed by atoms with Gasteiger partial charge in [0.15, 0.2) is 0 Å². The number of carbonyl (C=O) groups excluding carboxylic acids is 2. The van der Waals surface area contributed by atoms with Crippen molar-refractivity contribution in [2.75, 3.05) is 13.7 Å². The molecule has 132 valence electrons. The van der Waals surface area contributed by atoms with Crippen molar-refractivity contribution in [1.82, 2.24) is 10.6 Å². The molecule has 0 fully saturated rings. The smallest absolute Gasteiger partial charge is 0.251 e. The van der Waals surface area contributed by atoms with Crippen LogP contribution in [-0.4, -0.2) is 25.5 Å². The molecule has 0 heterocycles. The Morgan fingerprint density at radius 1 is 1.12 bits per heavy atom. The summed E-state index contributed by atoms with van der Waals surface area (Å²) in [5.74, 6) is 0.599. The van der Waals surface area contributed by atoms with Gasteiger partial charge in [-0.2, -0.15) is 0 Å². The van der Waals surface area contributed by atoms with E-state index in [1.165, 1.54) is 0 Å². The van der Waals surface area contributed by atoms with Gasteiger partial charge in [-0.15, -0.1) is 0 Å². The van der Waals surface area contributed by atoms with Gasteiger partial charge < -0.3 is 15.4 Å². The Hall–Kier alpha value is -2.34. The van der Waals surface area contributed by atoms with Crippen LogP contribution in [0.4, 0.5) is 0 Å². The van der Waals surface area contributed by atoms with E-state index in [0.717, 1.165) is 15.8 Å². The number of ether oxygens (including phenoxy) is 1. The predicted molar refractivity (Wildman–Crippen MR) is 101 cm³/mol. The lowest BCUT2D eigenvalue weighted by molar-refractivity contribution is -0.121. The number of rotatable bonds is 8.